The third-order valence-corrected chi connectivity index (χ3v) is 3.31. The van der Waals surface area contributed by atoms with Crippen LogP contribution in [0.5, 0.6) is 0 Å². The molecule has 19 heavy (non-hydrogen) atoms. The molecule has 4 nitrogen and oxygen atoms in total. The Morgan fingerprint density at radius 2 is 2.21 bits per heavy atom. The molecule has 1 aromatic carbocycles. The summed E-state index contributed by atoms with van der Waals surface area (Å²) in [5.74, 6) is 0.721. The number of amides is 1. The monoisotopic (exact) mass is 297 g/mol. The van der Waals surface area contributed by atoms with Crippen molar-refractivity contribution in [3.63, 3.8) is 0 Å². The molecular weight excluding hydrogens is 285 g/mol. The Labute approximate surface area is 121 Å². The number of likely N-dealkylation sites (N-methyl/N-ethyl adjacent to an activating group) is 1. The van der Waals surface area contributed by atoms with Gasteiger partial charge in [-0.25, -0.2) is 4.98 Å². The summed E-state index contributed by atoms with van der Waals surface area (Å²) < 4.78 is 0. The van der Waals surface area contributed by atoms with E-state index in [2.05, 4.69) is 9.97 Å². The maximum absolute atomic E-state index is 12.1. The molecule has 0 unspecified atom stereocenters. The first-order chi connectivity index (χ1) is 9.06. The largest absolute Gasteiger partial charge is 0.347 e. The zero-order chi connectivity index (χ0) is 13.8. The van der Waals surface area contributed by atoms with Crippen molar-refractivity contribution in [2.75, 3.05) is 7.05 Å². The van der Waals surface area contributed by atoms with Gasteiger partial charge in [0.2, 0.25) is 5.91 Å². The fraction of sp³-hybridized carbons (Fsp3) is 0.231. The Morgan fingerprint density at radius 3 is 2.84 bits per heavy atom. The highest BCUT2D eigenvalue weighted by molar-refractivity contribution is 6.35. The molecule has 1 heterocycles. The minimum Gasteiger partial charge on any atom is -0.347 e. The number of aromatic amines is 1. The van der Waals surface area contributed by atoms with E-state index in [1.54, 1.807) is 42.5 Å². The fourth-order valence-electron chi connectivity index (χ4n) is 1.66. The molecule has 0 spiro atoms. The van der Waals surface area contributed by atoms with Gasteiger partial charge in [-0.3, -0.25) is 4.79 Å². The number of hydrogen-bond acceptors (Lipinski definition) is 2. The van der Waals surface area contributed by atoms with Crippen LogP contribution in [0.4, 0.5) is 0 Å². The molecule has 0 aliphatic rings. The molecule has 0 saturated carbocycles. The van der Waals surface area contributed by atoms with Crippen molar-refractivity contribution in [2.45, 2.75) is 13.0 Å². The van der Waals surface area contributed by atoms with Gasteiger partial charge in [-0.15, -0.1) is 0 Å². The number of benzene rings is 1. The molecular formula is C13H13Cl2N3O. The van der Waals surface area contributed by atoms with Gasteiger partial charge in [0.25, 0.3) is 0 Å². The summed E-state index contributed by atoms with van der Waals surface area (Å²) in [7, 11) is 1.73. The summed E-state index contributed by atoms with van der Waals surface area (Å²) in [5.41, 5.74) is 0.766. The maximum Gasteiger partial charge on any atom is 0.227 e. The third kappa shape index (κ3) is 3.72. The number of nitrogens with zero attached hydrogens (tertiary/aromatic N) is 2. The number of hydrogen-bond donors (Lipinski definition) is 1. The van der Waals surface area contributed by atoms with Crippen LogP contribution in [0.15, 0.2) is 30.6 Å². The predicted octanol–water partition coefficient (Wildman–Crippen LogP) is 2.92. The zero-order valence-electron chi connectivity index (χ0n) is 10.4. The van der Waals surface area contributed by atoms with Crippen LogP contribution in [0.25, 0.3) is 0 Å². The van der Waals surface area contributed by atoms with Gasteiger partial charge >= 0.3 is 0 Å². The van der Waals surface area contributed by atoms with Crippen molar-refractivity contribution in [2.24, 2.45) is 0 Å². The molecule has 0 radical (unpaired) electrons. The lowest BCUT2D eigenvalue weighted by Crippen LogP contribution is -2.28. The number of nitrogens with one attached hydrogen (secondary N) is 1. The second-order valence-corrected chi connectivity index (χ2v) is 5.04. The molecule has 100 valence electrons. The highest BCUT2D eigenvalue weighted by Gasteiger charge is 2.13. The van der Waals surface area contributed by atoms with E-state index in [0.29, 0.717) is 16.6 Å². The van der Waals surface area contributed by atoms with E-state index in [-0.39, 0.29) is 12.3 Å². The van der Waals surface area contributed by atoms with Gasteiger partial charge in [-0.1, -0.05) is 29.3 Å². The van der Waals surface area contributed by atoms with Crippen molar-refractivity contribution in [1.82, 2.24) is 14.9 Å². The number of H-pyrrole nitrogens is 1. The molecule has 0 aliphatic carbocycles. The lowest BCUT2D eigenvalue weighted by molar-refractivity contribution is -0.129. The van der Waals surface area contributed by atoms with Gasteiger partial charge in [0.1, 0.15) is 5.82 Å². The van der Waals surface area contributed by atoms with Gasteiger partial charge in [0.05, 0.1) is 13.0 Å². The quantitative estimate of drug-likeness (QED) is 0.943. The van der Waals surface area contributed by atoms with Crippen LogP contribution in [0.1, 0.15) is 11.4 Å². The lowest BCUT2D eigenvalue weighted by atomic mass is 10.1. The molecule has 1 aromatic heterocycles. The summed E-state index contributed by atoms with van der Waals surface area (Å²) in [6.07, 6.45) is 3.63. The molecule has 0 saturated heterocycles. The minimum absolute atomic E-state index is 0.0272. The Balaban J connectivity index is 2.00. The second kappa shape index (κ2) is 6.08. The Hall–Kier alpha value is -1.52. The van der Waals surface area contributed by atoms with Crippen molar-refractivity contribution in [3.05, 3.63) is 52.0 Å². The molecule has 6 heteroatoms. The Bertz CT molecular complexity index is 569. The van der Waals surface area contributed by atoms with Crippen LogP contribution in [0.2, 0.25) is 10.0 Å². The summed E-state index contributed by atoms with van der Waals surface area (Å²) in [6.45, 7) is 0.442. The van der Waals surface area contributed by atoms with E-state index in [1.165, 1.54) is 0 Å². The summed E-state index contributed by atoms with van der Waals surface area (Å²) in [4.78, 5) is 20.7. The van der Waals surface area contributed by atoms with E-state index in [4.69, 9.17) is 23.2 Å². The SMILES string of the molecule is CN(Cc1ncc[nH]1)C(=O)Cc1ccc(Cl)cc1Cl. The van der Waals surface area contributed by atoms with E-state index in [1.807, 2.05) is 0 Å². The molecule has 2 aromatic rings. The predicted molar refractivity (Wildman–Crippen MR) is 75.2 cm³/mol. The van der Waals surface area contributed by atoms with Gasteiger partial charge < -0.3 is 9.88 Å². The molecule has 2 rings (SSSR count). The third-order valence-electron chi connectivity index (χ3n) is 2.72. The molecule has 0 bridgehead atoms. The number of aromatic nitrogens is 2. The number of halogens is 2. The minimum atomic E-state index is -0.0272. The van der Waals surface area contributed by atoms with Crippen LogP contribution in [0.3, 0.4) is 0 Å². The summed E-state index contributed by atoms with van der Waals surface area (Å²) >= 11 is 11.9. The van der Waals surface area contributed by atoms with Crippen molar-refractivity contribution >= 4 is 29.1 Å². The normalized spacial score (nSPS) is 10.5. The topological polar surface area (TPSA) is 49.0 Å². The average molecular weight is 298 g/mol. The molecule has 0 atom stereocenters. The summed E-state index contributed by atoms with van der Waals surface area (Å²) in [6, 6.07) is 5.13. The Morgan fingerprint density at radius 1 is 1.42 bits per heavy atom. The van der Waals surface area contributed by atoms with Crippen molar-refractivity contribution in [1.29, 1.82) is 0 Å². The van der Waals surface area contributed by atoms with Gasteiger partial charge in [0.15, 0.2) is 0 Å². The first-order valence-corrected chi connectivity index (χ1v) is 6.48. The van der Waals surface area contributed by atoms with Crippen LogP contribution < -0.4 is 0 Å². The molecule has 1 N–H and O–H groups in total. The van der Waals surface area contributed by atoms with E-state index in [9.17, 15) is 4.79 Å². The van der Waals surface area contributed by atoms with Crippen LogP contribution in [0, 0.1) is 0 Å². The highest BCUT2D eigenvalue weighted by Crippen LogP contribution is 2.21. The van der Waals surface area contributed by atoms with Crippen LogP contribution >= 0.6 is 23.2 Å². The van der Waals surface area contributed by atoms with Crippen molar-refractivity contribution in [3.8, 4) is 0 Å². The Kier molecular flexibility index (Phi) is 4.45. The second-order valence-electron chi connectivity index (χ2n) is 4.20. The first-order valence-electron chi connectivity index (χ1n) is 5.72. The standard InChI is InChI=1S/C13H13Cl2N3O/c1-18(8-12-16-4-5-17-12)13(19)6-9-2-3-10(14)7-11(9)15/h2-5,7H,6,8H2,1H3,(H,16,17). The van der Waals surface area contributed by atoms with Crippen molar-refractivity contribution < 1.29 is 4.79 Å². The fourth-order valence-corrected chi connectivity index (χ4v) is 2.14. The lowest BCUT2D eigenvalue weighted by Gasteiger charge is -2.16. The van der Waals surface area contributed by atoms with Gasteiger partial charge in [0, 0.05) is 29.5 Å². The number of imidazole rings is 1. The zero-order valence-corrected chi connectivity index (χ0v) is 11.9. The first kappa shape index (κ1) is 13.9. The molecule has 0 fully saturated rings. The van der Waals surface area contributed by atoms with Gasteiger partial charge in [-0.05, 0) is 17.7 Å². The van der Waals surface area contributed by atoms with Crippen LogP contribution in [-0.4, -0.2) is 27.8 Å². The smallest absolute Gasteiger partial charge is 0.227 e. The van der Waals surface area contributed by atoms with Crippen LogP contribution in [-0.2, 0) is 17.8 Å². The summed E-state index contributed by atoms with van der Waals surface area (Å²) in [5, 5.41) is 1.07. The number of carbonyl (C=O) groups excluding carboxylic acids is 1. The average Bonchev–Trinajstić information content (AvgIpc) is 2.85. The van der Waals surface area contributed by atoms with E-state index >= 15 is 0 Å². The van der Waals surface area contributed by atoms with E-state index < -0.39 is 0 Å². The number of rotatable bonds is 4. The van der Waals surface area contributed by atoms with E-state index in [0.717, 1.165) is 11.4 Å². The maximum atomic E-state index is 12.1. The highest BCUT2D eigenvalue weighted by atomic mass is 35.5. The van der Waals surface area contributed by atoms with Gasteiger partial charge in [-0.2, -0.15) is 0 Å². The molecule has 0 aliphatic heterocycles. The number of carbonyl (C=O) groups is 1. The molecule has 1 amide bonds.